The van der Waals surface area contributed by atoms with Crippen molar-refractivity contribution < 1.29 is 4.39 Å². The van der Waals surface area contributed by atoms with E-state index in [0.717, 1.165) is 13.0 Å². The molecule has 0 aromatic heterocycles. The van der Waals surface area contributed by atoms with Gasteiger partial charge in [-0.2, -0.15) is 0 Å². The minimum atomic E-state index is -0.291. The summed E-state index contributed by atoms with van der Waals surface area (Å²) in [6.07, 6.45) is 1.12. The summed E-state index contributed by atoms with van der Waals surface area (Å²) in [7, 11) is 2.00. The topological polar surface area (TPSA) is 29.3 Å². The molecule has 2 N–H and O–H groups in total. The second kappa shape index (κ2) is 6.81. The quantitative estimate of drug-likeness (QED) is 0.804. The molecule has 1 unspecified atom stereocenters. The standard InChI is InChI=1S/C14H21FN2S/c1-4-10(2)8-17(3)9-11-6-5-7-12(13(11)15)14(16)18/h5-7,10H,4,8-9H2,1-3H3,(H2,16,18). The van der Waals surface area contributed by atoms with Gasteiger partial charge in [-0.25, -0.2) is 4.39 Å². The molecule has 18 heavy (non-hydrogen) atoms. The first-order valence-electron chi connectivity index (χ1n) is 6.21. The zero-order valence-corrected chi connectivity index (χ0v) is 12.1. The Balaban J connectivity index is 2.79. The van der Waals surface area contributed by atoms with Crippen molar-refractivity contribution in [2.45, 2.75) is 26.8 Å². The van der Waals surface area contributed by atoms with E-state index in [4.69, 9.17) is 18.0 Å². The predicted octanol–water partition coefficient (Wildman–Crippen LogP) is 2.94. The van der Waals surface area contributed by atoms with Gasteiger partial charge in [-0.15, -0.1) is 0 Å². The van der Waals surface area contributed by atoms with E-state index >= 15 is 0 Å². The van der Waals surface area contributed by atoms with Crippen LogP contribution in [0.2, 0.25) is 0 Å². The maximum atomic E-state index is 14.1. The lowest BCUT2D eigenvalue weighted by molar-refractivity contribution is 0.272. The first-order chi connectivity index (χ1) is 8.45. The Hall–Kier alpha value is -1.00. The molecule has 0 aliphatic rings. The molecule has 2 nitrogen and oxygen atoms in total. The largest absolute Gasteiger partial charge is 0.389 e. The van der Waals surface area contributed by atoms with Crippen LogP contribution >= 0.6 is 12.2 Å². The number of benzene rings is 1. The van der Waals surface area contributed by atoms with Gasteiger partial charge < -0.3 is 10.6 Å². The number of hydrogen-bond acceptors (Lipinski definition) is 2. The first kappa shape index (κ1) is 15.1. The van der Waals surface area contributed by atoms with Crippen LogP contribution < -0.4 is 5.73 Å². The highest BCUT2D eigenvalue weighted by Gasteiger charge is 2.12. The van der Waals surface area contributed by atoms with E-state index in [0.29, 0.717) is 23.6 Å². The Bertz CT molecular complexity index is 420. The molecule has 0 aliphatic carbocycles. The number of thiocarbonyl (C=S) groups is 1. The lowest BCUT2D eigenvalue weighted by atomic mass is 10.1. The molecule has 0 saturated carbocycles. The van der Waals surface area contributed by atoms with Crippen LogP contribution in [0.5, 0.6) is 0 Å². The molecule has 100 valence electrons. The van der Waals surface area contributed by atoms with Crippen molar-refractivity contribution in [1.82, 2.24) is 4.90 Å². The minimum Gasteiger partial charge on any atom is -0.389 e. The van der Waals surface area contributed by atoms with Crippen LogP contribution in [0.15, 0.2) is 18.2 Å². The third-order valence-electron chi connectivity index (χ3n) is 3.10. The van der Waals surface area contributed by atoms with Gasteiger partial charge in [-0.1, -0.05) is 44.6 Å². The molecule has 0 radical (unpaired) electrons. The summed E-state index contributed by atoms with van der Waals surface area (Å²) in [6, 6.07) is 5.20. The number of rotatable bonds is 6. The average molecular weight is 268 g/mol. The van der Waals surface area contributed by atoms with E-state index in [1.165, 1.54) is 0 Å². The lowest BCUT2D eigenvalue weighted by Gasteiger charge is -2.21. The molecule has 0 spiro atoms. The van der Waals surface area contributed by atoms with E-state index in [9.17, 15) is 4.39 Å². The second-order valence-corrected chi connectivity index (χ2v) is 5.29. The van der Waals surface area contributed by atoms with Crippen molar-refractivity contribution >= 4 is 17.2 Å². The Morgan fingerprint density at radius 2 is 2.17 bits per heavy atom. The number of nitrogens with zero attached hydrogens (tertiary/aromatic N) is 1. The molecule has 0 bridgehead atoms. The van der Waals surface area contributed by atoms with Crippen LogP contribution in [0, 0.1) is 11.7 Å². The van der Waals surface area contributed by atoms with E-state index in [1.54, 1.807) is 18.2 Å². The molecule has 0 aliphatic heterocycles. The molecule has 0 saturated heterocycles. The van der Waals surface area contributed by atoms with Gasteiger partial charge in [0.1, 0.15) is 10.8 Å². The fourth-order valence-corrected chi connectivity index (χ4v) is 2.07. The highest BCUT2D eigenvalue weighted by atomic mass is 32.1. The third kappa shape index (κ3) is 4.03. The number of nitrogens with two attached hydrogens (primary N) is 1. The molecule has 1 aromatic carbocycles. The fourth-order valence-electron chi connectivity index (χ4n) is 1.91. The van der Waals surface area contributed by atoms with Crippen molar-refractivity contribution in [3.63, 3.8) is 0 Å². The van der Waals surface area contributed by atoms with Crippen molar-refractivity contribution in [3.05, 3.63) is 35.1 Å². The van der Waals surface area contributed by atoms with Crippen molar-refractivity contribution in [1.29, 1.82) is 0 Å². The van der Waals surface area contributed by atoms with Gasteiger partial charge >= 0.3 is 0 Å². The number of hydrogen-bond donors (Lipinski definition) is 1. The Labute approximate surface area is 114 Å². The van der Waals surface area contributed by atoms with Gasteiger partial charge in [-0.05, 0) is 19.0 Å². The van der Waals surface area contributed by atoms with Crippen molar-refractivity contribution in [3.8, 4) is 0 Å². The molecular weight excluding hydrogens is 247 g/mol. The van der Waals surface area contributed by atoms with Crippen LogP contribution in [-0.4, -0.2) is 23.5 Å². The molecule has 1 rings (SSSR count). The van der Waals surface area contributed by atoms with E-state index in [2.05, 4.69) is 18.7 Å². The normalized spacial score (nSPS) is 12.7. The van der Waals surface area contributed by atoms with E-state index in [-0.39, 0.29) is 10.8 Å². The summed E-state index contributed by atoms with van der Waals surface area (Å²) in [5.41, 5.74) is 6.47. The molecule has 0 amide bonds. The number of halogens is 1. The highest BCUT2D eigenvalue weighted by molar-refractivity contribution is 7.80. The molecule has 1 aromatic rings. The zero-order chi connectivity index (χ0) is 13.7. The smallest absolute Gasteiger partial charge is 0.137 e. The predicted molar refractivity (Wildman–Crippen MR) is 78.1 cm³/mol. The zero-order valence-electron chi connectivity index (χ0n) is 11.2. The monoisotopic (exact) mass is 268 g/mol. The van der Waals surface area contributed by atoms with Gasteiger partial charge in [0.05, 0.1) is 0 Å². The third-order valence-corrected chi connectivity index (χ3v) is 3.32. The summed E-state index contributed by atoms with van der Waals surface area (Å²) >= 11 is 4.84. The van der Waals surface area contributed by atoms with E-state index in [1.807, 2.05) is 7.05 Å². The molecule has 4 heteroatoms. The first-order valence-corrected chi connectivity index (χ1v) is 6.62. The van der Waals surface area contributed by atoms with Crippen LogP contribution in [-0.2, 0) is 6.54 Å². The average Bonchev–Trinajstić information content (AvgIpc) is 2.31. The van der Waals surface area contributed by atoms with Crippen molar-refractivity contribution in [2.24, 2.45) is 11.7 Å². The SMILES string of the molecule is CCC(C)CN(C)Cc1cccc(C(N)=S)c1F. The molecule has 0 fully saturated rings. The van der Waals surface area contributed by atoms with Crippen LogP contribution in [0.1, 0.15) is 31.4 Å². The Morgan fingerprint density at radius 3 is 2.72 bits per heavy atom. The van der Waals surface area contributed by atoms with Gasteiger partial charge in [0, 0.05) is 24.2 Å². The van der Waals surface area contributed by atoms with Gasteiger partial charge in [-0.3, -0.25) is 0 Å². The van der Waals surface area contributed by atoms with E-state index < -0.39 is 0 Å². The van der Waals surface area contributed by atoms with Gasteiger partial charge in [0.2, 0.25) is 0 Å². The summed E-state index contributed by atoms with van der Waals surface area (Å²) in [6.45, 7) is 5.88. The fraction of sp³-hybridized carbons (Fsp3) is 0.500. The lowest BCUT2D eigenvalue weighted by Crippen LogP contribution is -2.24. The van der Waals surface area contributed by atoms with Gasteiger partial charge in [0.25, 0.3) is 0 Å². The minimum absolute atomic E-state index is 0.110. The summed E-state index contributed by atoms with van der Waals surface area (Å²) < 4.78 is 14.1. The summed E-state index contributed by atoms with van der Waals surface area (Å²) in [5.74, 6) is 0.317. The van der Waals surface area contributed by atoms with Crippen LogP contribution in [0.25, 0.3) is 0 Å². The Kier molecular flexibility index (Phi) is 5.69. The maximum absolute atomic E-state index is 14.1. The highest BCUT2D eigenvalue weighted by Crippen LogP contribution is 2.15. The molecule has 1 atom stereocenters. The van der Waals surface area contributed by atoms with Gasteiger partial charge in [0.15, 0.2) is 0 Å². The second-order valence-electron chi connectivity index (χ2n) is 4.85. The van der Waals surface area contributed by atoms with Crippen molar-refractivity contribution in [2.75, 3.05) is 13.6 Å². The maximum Gasteiger partial charge on any atom is 0.137 e. The van der Waals surface area contributed by atoms with Crippen LogP contribution in [0.3, 0.4) is 0 Å². The molecule has 0 heterocycles. The van der Waals surface area contributed by atoms with Crippen LogP contribution in [0.4, 0.5) is 4.39 Å². The Morgan fingerprint density at radius 1 is 1.50 bits per heavy atom. The molecular formula is C14H21FN2S. The summed E-state index contributed by atoms with van der Waals surface area (Å²) in [5, 5.41) is 0. The summed E-state index contributed by atoms with van der Waals surface area (Å²) in [4.78, 5) is 2.23.